The summed E-state index contributed by atoms with van der Waals surface area (Å²) in [7, 11) is 0. The average Bonchev–Trinajstić information content (AvgIpc) is 1.94. The van der Waals surface area contributed by atoms with Crippen LogP contribution in [0, 0.1) is 0 Å². The Labute approximate surface area is 79.7 Å². The smallest absolute Gasteiger partial charge is 0.0551 e. The van der Waals surface area contributed by atoms with Crippen molar-refractivity contribution in [2.24, 2.45) is 5.73 Å². The van der Waals surface area contributed by atoms with Gasteiger partial charge in [0.1, 0.15) is 0 Å². The fraction of sp³-hybridized carbons (Fsp3) is 0.250. The maximum absolute atomic E-state index is 5.86. The molecular formula is C8H9BrClN. The highest BCUT2D eigenvalue weighted by Gasteiger charge is 2.06. The van der Waals surface area contributed by atoms with Gasteiger partial charge >= 0.3 is 0 Å². The van der Waals surface area contributed by atoms with E-state index in [1.54, 1.807) is 0 Å². The van der Waals surface area contributed by atoms with Crippen molar-refractivity contribution in [3.63, 3.8) is 0 Å². The molecule has 1 aromatic rings. The Kier molecular flexibility index (Phi) is 2.93. The van der Waals surface area contributed by atoms with E-state index in [1.807, 2.05) is 25.1 Å². The van der Waals surface area contributed by atoms with Gasteiger partial charge in [-0.15, -0.1) is 0 Å². The summed E-state index contributed by atoms with van der Waals surface area (Å²) in [5.74, 6) is 0. The van der Waals surface area contributed by atoms with Gasteiger partial charge < -0.3 is 5.73 Å². The fourth-order valence-electron chi connectivity index (χ4n) is 0.872. The lowest BCUT2D eigenvalue weighted by molar-refractivity contribution is 0.813. The van der Waals surface area contributed by atoms with E-state index >= 15 is 0 Å². The second-order valence-electron chi connectivity index (χ2n) is 2.43. The lowest BCUT2D eigenvalue weighted by Gasteiger charge is -2.08. The van der Waals surface area contributed by atoms with E-state index < -0.39 is 0 Å². The first-order valence-corrected chi connectivity index (χ1v) is 4.49. The van der Waals surface area contributed by atoms with E-state index in [-0.39, 0.29) is 6.04 Å². The van der Waals surface area contributed by atoms with Crippen LogP contribution >= 0.6 is 27.5 Å². The SMILES string of the molecule is CC(N)c1cccc(Cl)c1Br. The molecule has 2 N–H and O–H groups in total. The highest BCUT2D eigenvalue weighted by atomic mass is 79.9. The minimum absolute atomic E-state index is 0.0167. The van der Waals surface area contributed by atoms with Crippen LogP contribution in [0.2, 0.25) is 5.02 Å². The number of rotatable bonds is 1. The van der Waals surface area contributed by atoms with Gasteiger partial charge in [0.2, 0.25) is 0 Å². The molecule has 0 aliphatic carbocycles. The largest absolute Gasteiger partial charge is 0.324 e. The van der Waals surface area contributed by atoms with Crippen LogP contribution in [0.15, 0.2) is 22.7 Å². The van der Waals surface area contributed by atoms with Gasteiger partial charge in [-0.05, 0) is 34.5 Å². The van der Waals surface area contributed by atoms with Crippen molar-refractivity contribution in [1.82, 2.24) is 0 Å². The van der Waals surface area contributed by atoms with Crippen LogP contribution in [0.3, 0.4) is 0 Å². The van der Waals surface area contributed by atoms with Crippen molar-refractivity contribution in [3.8, 4) is 0 Å². The van der Waals surface area contributed by atoms with Crippen molar-refractivity contribution in [2.75, 3.05) is 0 Å². The summed E-state index contributed by atoms with van der Waals surface area (Å²) >= 11 is 9.22. The molecule has 0 aromatic heterocycles. The first-order chi connectivity index (χ1) is 5.13. The Balaban J connectivity index is 3.17. The Hall–Kier alpha value is -0.0500. The Morgan fingerprint density at radius 2 is 2.18 bits per heavy atom. The molecule has 0 fully saturated rings. The number of benzene rings is 1. The van der Waals surface area contributed by atoms with Crippen molar-refractivity contribution in [1.29, 1.82) is 0 Å². The molecule has 0 saturated carbocycles. The number of nitrogens with two attached hydrogens (primary N) is 1. The lowest BCUT2D eigenvalue weighted by Crippen LogP contribution is -2.05. The van der Waals surface area contributed by atoms with Gasteiger partial charge in [-0.2, -0.15) is 0 Å². The first kappa shape index (κ1) is 9.04. The van der Waals surface area contributed by atoms with Crippen molar-refractivity contribution in [2.45, 2.75) is 13.0 Å². The summed E-state index contributed by atoms with van der Waals surface area (Å²) in [6.07, 6.45) is 0. The zero-order valence-corrected chi connectivity index (χ0v) is 8.48. The fourth-order valence-corrected chi connectivity index (χ4v) is 1.68. The van der Waals surface area contributed by atoms with Crippen LogP contribution in [0.5, 0.6) is 0 Å². The number of hydrogen-bond acceptors (Lipinski definition) is 1. The standard InChI is InChI=1S/C8H9BrClN/c1-5(11)6-3-2-4-7(10)8(6)9/h2-5H,11H2,1H3. The molecule has 0 radical (unpaired) electrons. The normalized spacial score (nSPS) is 13.1. The minimum Gasteiger partial charge on any atom is -0.324 e. The molecule has 0 heterocycles. The van der Waals surface area contributed by atoms with Crippen LogP contribution < -0.4 is 5.73 Å². The third-order valence-corrected chi connectivity index (χ3v) is 2.90. The van der Waals surface area contributed by atoms with E-state index in [2.05, 4.69) is 15.9 Å². The van der Waals surface area contributed by atoms with Crippen LogP contribution in [0.25, 0.3) is 0 Å². The summed E-state index contributed by atoms with van der Waals surface area (Å²) in [6, 6.07) is 5.70. The van der Waals surface area contributed by atoms with Crippen molar-refractivity contribution < 1.29 is 0 Å². The van der Waals surface area contributed by atoms with E-state index in [1.165, 1.54) is 0 Å². The zero-order chi connectivity index (χ0) is 8.43. The molecule has 0 saturated heterocycles. The van der Waals surface area contributed by atoms with Gasteiger partial charge in [-0.3, -0.25) is 0 Å². The molecule has 0 bridgehead atoms. The molecule has 1 aromatic carbocycles. The molecule has 1 nitrogen and oxygen atoms in total. The topological polar surface area (TPSA) is 26.0 Å². The first-order valence-electron chi connectivity index (χ1n) is 3.32. The summed E-state index contributed by atoms with van der Waals surface area (Å²) in [5.41, 5.74) is 6.73. The molecule has 0 aliphatic rings. The van der Waals surface area contributed by atoms with E-state index in [4.69, 9.17) is 17.3 Å². The average molecular weight is 235 g/mol. The van der Waals surface area contributed by atoms with Crippen molar-refractivity contribution >= 4 is 27.5 Å². The number of hydrogen-bond donors (Lipinski definition) is 1. The quantitative estimate of drug-likeness (QED) is 0.794. The maximum Gasteiger partial charge on any atom is 0.0551 e. The van der Waals surface area contributed by atoms with Gasteiger partial charge in [0.15, 0.2) is 0 Å². The van der Waals surface area contributed by atoms with Crippen LogP contribution in [0.4, 0.5) is 0 Å². The Bertz CT molecular complexity index is 260. The van der Waals surface area contributed by atoms with Gasteiger partial charge in [-0.1, -0.05) is 23.7 Å². The van der Waals surface area contributed by atoms with Crippen LogP contribution in [-0.2, 0) is 0 Å². The van der Waals surface area contributed by atoms with Gasteiger partial charge in [0, 0.05) is 10.5 Å². The van der Waals surface area contributed by atoms with Gasteiger partial charge in [0.25, 0.3) is 0 Å². The molecule has 0 spiro atoms. The van der Waals surface area contributed by atoms with E-state index in [0.717, 1.165) is 10.0 Å². The third kappa shape index (κ3) is 1.95. The molecular weight excluding hydrogens is 225 g/mol. The molecule has 1 atom stereocenters. The Morgan fingerprint density at radius 1 is 1.55 bits per heavy atom. The summed E-state index contributed by atoms with van der Waals surface area (Å²) in [6.45, 7) is 1.93. The highest BCUT2D eigenvalue weighted by Crippen LogP contribution is 2.28. The molecule has 1 unspecified atom stereocenters. The monoisotopic (exact) mass is 233 g/mol. The van der Waals surface area contributed by atoms with E-state index in [0.29, 0.717) is 5.02 Å². The molecule has 3 heteroatoms. The number of halogens is 2. The predicted molar refractivity (Wildman–Crippen MR) is 51.8 cm³/mol. The van der Waals surface area contributed by atoms with Gasteiger partial charge in [0.05, 0.1) is 5.02 Å². The van der Waals surface area contributed by atoms with Crippen molar-refractivity contribution in [3.05, 3.63) is 33.3 Å². The summed E-state index contributed by atoms with van der Waals surface area (Å²) in [4.78, 5) is 0. The van der Waals surface area contributed by atoms with Crippen LogP contribution in [-0.4, -0.2) is 0 Å². The zero-order valence-electron chi connectivity index (χ0n) is 6.14. The molecule has 11 heavy (non-hydrogen) atoms. The Morgan fingerprint density at radius 3 is 2.64 bits per heavy atom. The minimum atomic E-state index is 0.0167. The second kappa shape index (κ2) is 3.57. The second-order valence-corrected chi connectivity index (χ2v) is 3.63. The van der Waals surface area contributed by atoms with E-state index in [9.17, 15) is 0 Å². The third-order valence-electron chi connectivity index (χ3n) is 1.47. The molecule has 60 valence electrons. The summed E-state index contributed by atoms with van der Waals surface area (Å²) in [5, 5.41) is 0.708. The van der Waals surface area contributed by atoms with Crippen LogP contribution in [0.1, 0.15) is 18.5 Å². The lowest BCUT2D eigenvalue weighted by atomic mass is 10.1. The van der Waals surface area contributed by atoms with Gasteiger partial charge in [-0.25, -0.2) is 0 Å². The molecule has 0 amide bonds. The molecule has 0 aliphatic heterocycles. The molecule has 1 rings (SSSR count). The summed E-state index contributed by atoms with van der Waals surface area (Å²) < 4.78 is 0.900. The maximum atomic E-state index is 5.86. The highest BCUT2D eigenvalue weighted by molar-refractivity contribution is 9.10. The predicted octanol–water partition coefficient (Wildman–Crippen LogP) is 3.12.